The normalized spacial score (nSPS) is 13.8. The van der Waals surface area contributed by atoms with Gasteiger partial charge in [-0.1, -0.05) is 0 Å². The average Bonchev–Trinajstić information content (AvgIpc) is 3.27. The van der Waals surface area contributed by atoms with Crippen molar-refractivity contribution >= 4 is 22.4 Å². The number of carbonyl (C=O) groups is 1. The van der Waals surface area contributed by atoms with Gasteiger partial charge in [-0.25, -0.2) is 4.98 Å². The molecule has 0 bridgehead atoms. The highest BCUT2D eigenvalue weighted by molar-refractivity contribution is 7.14. The van der Waals surface area contributed by atoms with Gasteiger partial charge in [0.05, 0.1) is 19.9 Å². The Morgan fingerprint density at radius 1 is 1.33 bits per heavy atom. The molecule has 1 saturated carbocycles. The van der Waals surface area contributed by atoms with E-state index in [-0.39, 0.29) is 11.8 Å². The molecular formula is C15H16N2O3S. The summed E-state index contributed by atoms with van der Waals surface area (Å²) in [5.74, 6) is 1.70. The van der Waals surface area contributed by atoms with E-state index in [1.807, 2.05) is 23.6 Å². The number of thiazole rings is 1. The molecule has 1 aromatic heterocycles. The minimum Gasteiger partial charge on any atom is -0.497 e. The fourth-order valence-electron chi connectivity index (χ4n) is 2.02. The lowest BCUT2D eigenvalue weighted by Crippen LogP contribution is -2.12. The van der Waals surface area contributed by atoms with Crippen molar-refractivity contribution in [2.45, 2.75) is 12.8 Å². The van der Waals surface area contributed by atoms with Gasteiger partial charge in [0.25, 0.3) is 0 Å². The molecule has 1 aliphatic rings. The Balaban J connectivity index is 1.86. The third-order valence-electron chi connectivity index (χ3n) is 3.37. The third-order valence-corrected chi connectivity index (χ3v) is 4.12. The van der Waals surface area contributed by atoms with Crippen LogP contribution >= 0.6 is 11.3 Å². The number of carbonyl (C=O) groups excluding carboxylic acids is 1. The molecule has 0 radical (unpaired) electrons. The molecule has 1 aromatic carbocycles. The van der Waals surface area contributed by atoms with Crippen molar-refractivity contribution in [2.24, 2.45) is 5.92 Å². The number of methoxy groups -OCH3 is 2. The van der Waals surface area contributed by atoms with Gasteiger partial charge < -0.3 is 14.8 Å². The predicted molar refractivity (Wildman–Crippen MR) is 82.0 cm³/mol. The Labute approximate surface area is 126 Å². The van der Waals surface area contributed by atoms with E-state index in [0.29, 0.717) is 5.13 Å². The number of amides is 1. The van der Waals surface area contributed by atoms with Crippen LogP contribution in [0.5, 0.6) is 11.5 Å². The first-order valence-corrected chi connectivity index (χ1v) is 7.58. The van der Waals surface area contributed by atoms with Gasteiger partial charge in [-0.05, 0) is 31.0 Å². The number of ether oxygens (including phenoxy) is 2. The highest BCUT2D eigenvalue weighted by Crippen LogP contribution is 2.36. The van der Waals surface area contributed by atoms with Gasteiger partial charge in [-0.15, -0.1) is 11.3 Å². The lowest BCUT2D eigenvalue weighted by molar-refractivity contribution is -0.117. The average molecular weight is 304 g/mol. The van der Waals surface area contributed by atoms with E-state index in [0.717, 1.165) is 35.6 Å². The number of hydrogen-bond donors (Lipinski definition) is 1. The Morgan fingerprint density at radius 3 is 2.81 bits per heavy atom. The zero-order valence-corrected chi connectivity index (χ0v) is 12.7. The molecule has 1 aliphatic carbocycles. The van der Waals surface area contributed by atoms with Crippen molar-refractivity contribution in [3.63, 3.8) is 0 Å². The van der Waals surface area contributed by atoms with E-state index in [9.17, 15) is 4.79 Å². The van der Waals surface area contributed by atoms with Gasteiger partial charge in [0.15, 0.2) is 5.13 Å². The van der Waals surface area contributed by atoms with E-state index >= 15 is 0 Å². The SMILES string of the molecule is COc1ccc(OC)c(-c2csc(NC(=O)C3CC3)n2)c1. The maximum atomic E-state index is 11.8. The number of nitrogens with one attached hydrogen (secondary N) is 1. The molecule has 0 atom stereocenters. The Morgan fingerprint density at radius 2 is 2.14 bits per heavy atom. The van der Waals surface area contributed by atoms with Crippen LogP contribution in [-0.2, 0) is 4.79 Å². The van der Waals surface area contributed by atoms with Crippen molar-refractivity contribution in [1.29, 1.82) is 0 Å². The molecule has 110 valence electrons. The molecule has 0 spiro atoms. The van der Waals surface area contributed by atoms with Crippen LogP contribution in [0.25, 0.3) is 11.3 Å². The minimum atomic E-state index is 0.0634. The summed E-state index contributed by atoms with van der Waals surface area (Å²) in [6, 6.07) is 5.56. The number of anilines is 1. The number of nitrogens with zero attached hydrogens (tertiary/aromatic N) is 1. The van der Waals surface area contributed by atoms with Crippen molar-refractivity contribution in [3.05, 3.63) is 23.6 Å². The van der Waals surface area contributed by atoms with Crippen LogP contribution < -0.4 is 14.8 Å². The van der Waals surface area contributed by atoms with E-state index in [2.05, 4.69) is 10.3 Å². The maximum Gasteiger partial charge on any atom is 0.229 e. The van der Waals surface area contributed by atoms with Crippen molar-refractivity contribution in [3.8, 4) is 22.8 Å². The van der Waals surface area contributed by atoms with E-state index < -0.39 is 0 Å². The van der Waals surface area contributed by atoms with Crippen LogP contribution in [0, 0.1) is 5.92 Å². The molecule has 6 heteroatoms. The monoisotopic (exact) mass is 304 g/mol. The van der Waals surface area contributed by atoms with Crippen molar-refractivity contribution in [1.82, 2.24) is 4.98 Å². The molecule has 1 amide bonds. The van der Waals surface area contributed by atoms with Gasteiger partial charge in [-0.2, -0.15) is 0 Å². The Hall–Kier alpha value is -2.08. The van der Waals surface area contributed by atoms with E-state index in [4.69, 9.17) is 9.47 Å². The highest BCUT2D eigenvalue weighted by atomic mass is 32.1. The molecule has 5 nitrogen and oxygen atoms in total. The van der Waals surface area contributed by atoms with Crippen molar-refractivity contribution < 1.29 is 14.3 Å². The van der Waals surface area contributed by atoms with Crippen molar-refractivity contribution in [2.75, 3.05) is 19.5 Å². The second-order valence-corrected chi connectivity index (χ2v) is 5.73. The van der Waals surface area contributed by atoms with Crippen LogP contribution in [0.15, 0.2) is 23.6 Å². The fraction of sp³-hybridized carbons (Fsp3) is 0.333. The fourth-order valence-corrected chi connectivity index (χ4v) is 2.74. The molecule has 0 aliphatic heterocycles. The molecule has 2 aromatic rings. The van der Waals surface area contributed by atoms with Crippen LogP contribution in [0.2, 0.25) is 0 Å². The lowest BCUT2D eigenvalue weighted by atomic mass is 10.1. The van der Waals surface area contributed by atoms with Crippen LogP contribution in [0.1, 0.15) is 12.8 Å². The molecule has 0 unspecified atom stereocenters. The summed E-state index contributed by atoms with van der Waals surface area (Å²) in [4.78, 5) is 16.2. The first-order valence-electron chi connectivity index (χ1n) is 6.70. The summed E-state index contributed by atoms with van der Waals surface area (Å²) in [5, 5.41) is 5.38. The molecule has 1 N–H and O–H groups in total. The Kier molecular flexibility index (Phi) is 3.79. The third kappa shape index (κ3) is 3.00. The number of benzene rings is 1. The summed E-state index contributed by atoms with van der Waals surface area (Å²) < 4.78 is 10.6. The first kappa shape index (κ1) is 13.9. The zero-order chi connectivity index (χ0) is 14.8. The molecular weight excluding hydrogens is 288 g/mol. The Bertz CT molecular complexity index is 665. The van der Waals surface area contributed by atoms with Crippen LogP contribution in [0.3, 0.4) is 0 Å². The topological polar surface area (TPSA) is 60.5 Å². The molecule has 21 heavy (non-hydrogen) atoms. The van der Waals surface area contributed by atoms with Gasteiger partial charge in [-0.3, -0.25) is 4.79 Å². The zero-order valence-electron chi connectivity index (χ0n) is 11.9. The largest absolute Gasteiger partial charge is 0.497 e. The quantitative estimate of drug-likeness (QED) is 0.921. The smallest absolute Gasteiger partial charge is 0.229 e. The first-order chi connectivity index (χ1) is 10.2. The van der Waals surface area contributed by atoms with E-state index in [1.54, 1.807) is 14.2 Å². The van der Waals surface area contributed by atoms with Gasteiger partial charge in [0.1, 0.15) is 11.5 Å². The summed E-state index contributed by atoms with van der Waals surface area (Å²) in [7, 11) is 3.24. The van der Waals surface area contributed by atoms with Gasteiger partial charge in [0, 0.05) is 16.9 Å². The number of hydrogen-bond acceptors (Lipinski definition) is 5. The number of aromatic nitrogens is 1. The van der Waals surface area contributed by atoms with Crippen LogP contribution in [0.4, 0.5) is 5.13 Å². The number of rotatable bonds is 5. The molecule has 1 heterocycles. The van der Waals surface area contributed by atoms with Gasteiger partial charge in [0.2, 0.25) is 5.91 Å². The second kappa shape index (κ2) is 5.73. The summed E-state index contributed by atoms with van der Waals surface area (Å²) in [6.45, 7) is 0. The summed E-state index contributed by atoms with van der Waals surface area (Å²) in [5.41, 5.74) is 1.61. The highest BCUT2D eigenvalue weighted by Gasteiger charge is 2.30. The lowest BCUT2D eigenvalue weighted by Gasteiger charge is -2.08. The maximum absolute atomic E-state index is 11.8. The van der Waals surface area contributed by atoms with E-state index in [1.165, 1.54) is 11.3 Å². The standard InChI is InChI=1S/C15H16N2O3S/c1-19-10-5-6-13(20-2)11(7-10)12-8-21-15(16-12)17-14(18)9-3-4-9/h5-9H,3-4H2,1-2H3,(H,16,17,18). The molecule has 3 rings (SSSR count). The van der Waals surface area contributed by atoms with Crippen LogP contribution in [-0.4, -0.2) is 25.1 Å². The molecule has 0 saturated heterocycles. The second-order valence-electron chi connectivity index (χ2n) is 4.87. The minimum absolute atomic E-state index is 0.0634. The molecule has 1 fully saturated rings. The van der Waals surface area contributed by atoms with Gasteiger partial charge >= 0.3 is 0 Å². The summed E-state index contributed by atoms with van der Waals surface area (Å²) >= 11 is 1.41. The predicted octanol–water partition coefficient (Wildman–Crippen LogP) is 3.18. The summed E-state index contributed by atoms with van der Waals surface area (Å²) in [6.07, 6.45) is 1.96.